The lowest BCUT2D eigenvalue weighted by Gasteiger charge is -2.09. The van der Waals surface area contributed by atoms with Crippen LogP contribution in [0.25, 0.3) is 10.2 Å². The highest BCUT2D eigenvalue weighted by Gasteiger charge is 2.21. The number of hydrogen-bond acceptors (Lipinski definition) is 9. The second-order valence-corrected chi connectivity index (χ2v) is 9.80. The number of rotatable bonds is 6. The van der Waals surface area contributed by atoms with E-state index in [4.69, 9.17) is 4.74 Å². The zero-order valence-electron chi connectivity index (χ0n) is 16.5. The molecule has 3 aromatic heterocycles. The highest BCUT2D eigenvalue weighted by Crippen LogP contribution is 2.34. The maximum atomic E-state index is 12.6. The number of fused-ring (bicyclic) bond motifs is 3. The number of aromatic amines is 1. The number of nitrogens with zero attached hydrogens (tertiary/aromatic N) is 2. The van der Waals surface area contributed by atoms with Gasteiger partial charge in [-0.3, -0.25) is 9.59 Å². The fourth-order valence-corrected chi connectivity index (χ4v) is 6.19. The van der Waals surface area contributed by atoms with E-state index < -0.39 is 5.97 Å². The van der Waals surface area contributed by atoms with Gasteiger partial charge in [-0.25, -0.2) is 14.8 Å². The molecule has 4 rings (SSSR count). The molecule has 158 valence electrons. The molecule has 0 aliphatic heterocycles. The molecule has 30 heavy (non-hydrogen) atoms. The topological polar surface area (TPSA) is 114 Å². The van der Waals surface area contributed by atoms with E-state index in [1.54, 1.807) is 25.2 Å². The first-order valence-electron chi connectivity index (χ1n) is 9.58. The van der Waals surface area contributed by atoms with Crippen molar-refractivity contribution in [1.29, 1.82) is 0 Å². The summed E-state index contributed by atoms with van der Waals surface area (Å²) < 4.78 is 4.98. The predicted octanol–water partition coefficient (Wildman–Crippen LogP) is 3.54. The minimum Gasteiger partial charge on any atom is -0.462 e. The van der Waals surface area contributed by atoms with E-state index in [1.165, 1.54) is 4.88 Å². The lowest BCUT2D eigenvalue weighted by Crippen LogP contribution is -2.15. The van der Waals surface area contributed by atoms with Crippen molar-refractivity contribution in [1.82, 2.24) is 15.0 Å². The van der Waals surface area contributed by atoms with Gasteiger partial charge in [-0.2, -0.15) is 0 Å². The van der Waals surface area contributed by atoms with Gasteiger partial charge in [0.05, 0.1) is 23.4 Å². The third kappa shape index (κ3) is 4.28. The number of carbonyl (C=O) groups excluding carboxylic acids is 2. The lowest BCUT2D eigenvalue weighted by molar-refractivity contribution is -0.113. The van der Waals surface area contributed by atoms with E-state index in [9.17, 15) is 14.4 Å². The quantitative estimate of drug-likeness (QED) is 0.326. The third-order valence-electron chi connectivity index (χ3n) is 4.65. The number of carbonyl (C=O) groups is 2. The van der Waals surface area contributed by atoms with Crippen molar-refractivity contribution in [3.8, 4) is 0 Å². The predicted molar refractivity (Wildman–Crippen MR) is 119 cm³/mol. The van der Waals surface area contributed by atoms with Gasteiger partial charge < -0.3 is 15.0 Å². The van der Waals surface area contributed by atoms with Gasteiger partial charge in [0.2, 0.25) is 5.91 Å². The number of ether oxygens (including phenoxy) is 1. The fourth-order valence-electron chi connectivity index (χ4n) is 3.34. The Morgan fingerprint density at radius 2 is 2.03 bits per heavy atom. The Bertz CT molecular complexity index is 1180. The molecule has 0 radical (unpaired) electrons. The Balaban J connectivity index is 1.43. The first kappa shape index (κ1) is 21.0. The normalized spacial score (nSPS) is 13.3. The minimum absolute atomic E-state index is 0.0624. The summed E-state index contributed by atoms with van der Waals surface area (Å²) in [6.45, 7) is 3.70. The van der Waals surface area contributed by atoms with Crippen LogP contribution >= 0.6 is 34.4 Å². The number of aryl methyl sites for hydroxylation is 3. The Labute approximate surface area is 184 Å². The summed E-state index contributed by atoms with van der Waals surface area (Å²) in [5, 5.41) is 4.14. The van der Waals surface area contributed by atoms with Crippen molar-refractivity contribution in [2.24, 2.45) is 0 Å². The molecule has 1 aliphatic carbocycles. The zero-order chi connectivity index (χ0) is 21.3. The molecule has 0 atom stereocenters. The molecule has 0 saturated carbocycles. The van der Waals surface area contributed by atoms with Crippen molar-refractivity contribution in [2.75, 3.05) is 17.7 Å². The summed E-state index contributed by atoms with van der Waals surface area (Å²) in [6, 6.07) is 0. The molecular weight excluding hydrogens is 444 g/mol. The number of thiazole rings is 1. The smallest absolute Gasteiger partial charge is 0.350 e. The average molecular weight is 465 g/mol. The van der Waals surface area contributed by atoms with Crippen LogP contribution in [0.4, 0.5) is 5.13 Å². The number of esters is 1. The van der Waals surface area contributed by atoms with Crippen LogP contribution in [0.5, 0.6) is 0 Å². The SMILES string of the molecule is CCOC(=O)c1sc(NC(=O)CSc2nc3sc4c(c3c(=O)[nH]2)CCCC4)nc1C. The molecule has 1 amide bonds. The largest absolute Gasteiger partial charge is 0.462 e. The summed E-state index contributed by atoms with van der Waals surface area (Å²) in [7, 11) is 0. The van der Waals surface area contributed by atoms with E-state index in [-0.39, 0.29) is 23.8 Å². The summed E-state index contributed by atoms with van der Waals surface area (Å²) in [5.41, 5.74) is 1.51. The maximum Gasteiger partial charge on any atom is 0.350 e. The summed E-state index contributed by atoms with van der Waals surface area (Å²) in [6.07, 6.45) is 4.17. The molecule has 0 bridgehead atoms. The van der Waals surface area contributed by atoms with E-state index in [0.29, 0.717) is 26.2 Å². The number of H-pyrrole nitrogens is 1. The van der Waals surface area contributed by atoms with Gasteiger partial charge in [-0.1, -0.05) is 23.1 Å². The number of thioether (sulfide) groups is 1. The molecule has 0 aromatic carbocycles. The second-order valence-electron chi connectivity index (χ2n) is 6.75. The van der Waals surface area contributed by atoms with Gasteiger partial charge in [0.1, 0.15) is 9.71 Å². The first-order valence-corrected chi connectivity index (χ1v) is 12.2. The van der Waals surface area contributed by atoms with Crippen molar-refractivity contribution in [3.63, 3.8) is 0 Å². The van der Waals surface area contributed by atoms with Crippen molar-refractivity contribution < 1.29 is 14.3 Å². The van der Waals surface area contributed by atoms with Crippen LogP contribution in [-0.2, 0) is 22.4 Å². The van der Waals surface area contributed by atoms with E-state index in [2.05, 4.69) is 20.3 Å². The van der Waals surface area contributed by atoms with Crippen molar-refractivity contribution in [3.05, 3.63) is 31.4 Å². The Hall–Kier alpha value is -2.24. The summed E-state index contributed by atoms with van der Waals surface area (Å²) >= 11 is 3.82. The van der Waals surface area contributed by atoms with Crippen LogP contribution < -0.4 is 10.9 Å². The van der Waals surface area contributed by atoms with Gasteiger partial charge >= 0.3 is 5.97 Å². The zero-order valence-corrected chi connectivity index (χ0v) is 18.9. The van der Waals surface area contributed by atoms with Crippen LogP contribution in [0.15, 0.2) is 9.95 Å². The standard InChI is InChI=1S/C19H20N4O4S3/c1-3-27-17(26)14-9(2)20-19(30-14)21-12(24)8-28-18-22-15(25)13-10-6-4-5-7-11(10)29-16(13)23-18/h3-8H2,1-2H3,(H,20,21,24)(H,22,23,25). The van der Waals surface area contributed by atoms with Crippen LogP contribution in [0.2, 0.25) is 0 Å². The third-order valence-corrected chi connectivity index (χ3v) is 7.76. The van der Waals surface area contributed by atoms with E-state index >= 15 is 0 Å². The van der Waals surface area contributed by atoms with Crippen LogP contribution in [0, 0.1) is 6.92 Å². The molecule has 1 aliphatic rings. The van der Waals surface area contributed by atoms with Crippen LogP contribution in [-0.4, -0.2) is 39.2 Å². The number of thiophene rings is 1. The highest BCUT2D eigenvalue weighted by atomic mass is 32.2. The molecule has 11 heteroatoms. The lowest BCUT2D eigenvalue weighted by atomic mass is 9.97. The molecule has 2 N–H and O–H groups in total. The Kier molecular flexibility index (Phi) is 6.21. The van der Waals surface area contributed by atoms with E-state index in [0.717, 1.165) is 59.2 Å². The highest BCUT2D eigenvalue weighted by molar-refractivity contribution is 7.99. The van der Waals surface area contributed by atoms with E-state index in [1.807, 2.05) is 0 Å². The van der Waals surface area contributed by atoms with Gasteiger partial charge in [0.25, 0.3) is 5.56 Å². The van der Waals surface area contributed by atoms with Crippen molar-refractivity contribution in [2.45, 2.75) is 44.7 Å². The monoisotopic (exact) mass is 464 g/mol. The minimum atomic E-state index is -0.448. The number of aromatic nitrogens is 3. The molecule has 0 spiro atoms. The van der Waals surface area contributed by atoms with Gasteiger partial charge in [-0.05, 0) is 45.1 Å². The number of amides is 1. The molecular formula is C19H20N4O4S3. The van der Waals surface area contributed by atoms with Gasteiger partial charge in [0, 0.05) is 4.88 Å². The summed E-state index contributed by atoms with van der Waals surface area (Å²) in [5.74, 6) is -0.680. The Morgan fingerprint density at radius 3 is 2.83 bits per heavy atom. The molecule has 0 unspecified atom stereocenters. The van der Waals surface area contributed by atoms with Crippen LogP contribution in [0.3, 0.4) is 0 Å². The first-order chi connectivity index (χ1) is 14.5. The number of nitrogens with one attached hydrogen (secondary N) is 2. The van der Waals surface area contributed by atoms with Gasteiger partial charge in [-0.15, -0.1) is 11.3 Å². The van der Waals surface area contributed by atoms with Gasteiger partial charge in [0.15, 0.2) is 10.3 Å². The molecule has 0 fully saturated rings. The average Bonchev–Trinajstić information content (AvgIpc) is 3.26. The molecule has 0 saturated heterocycles. The summed E-state index contributed by atoms with van der Waals surface area (Å²) in [4.78, 5) is 50.7. The Morgan fingerprint density at radius 1 is 1.23 bits per heavy atom. The number of hydrogen-bond donors (Lipinski definition) is 2. The number of anilines is 1. The molecule has 8 nitrogen and oxygen atoms in total. The fraction of sp³-hybridized carbons (Fsp3) is 0.421. The van der Waals surface area contributed by atoms with Crippen molar-refractivity contribution >= 4 is 61.7 Å². The maximum absolute atomic E-state index is 12.6. The van der Waals surface area contributed by atoms with Crippen LogP contribution in [0.1, 0.15) is 45.6 Å². The second kappa shape index (κ2) is 8.86. The molecule has 3 heterocycles. The molecule has 3 aromatic rings.